The van der Waals surface area contributed by atoms with Crippen molar-refractivity contribution < 1.29 is 24.5 Å². The van der Waals surface area contributed by atoms with E-state index >= 15 is 0 Å². The number of rotatable bonds is 12. The summed E-state index contributed by atoms with van der Waals surface area (Å²) in [4.78, 5) is 22.4. The maximum Gasteiger partial charge on any atom is 0.308 e. The van der Waals surface area contributed by atoms with Crippen LogP contribution in [-0.2, 0) is 14.3 Å². The molecule has 0 aliphatic heterocycles. The maximum atomic E-state index is 11.5. The van der Waals surface area contributed by atoms with E-state index in [1.54, 1.807) is 18.2 Å². The van der Waals surface area contributed by atoms with Crippen LogP contribution in [0.25, 0.3) is 0 Å². The number of methoxy groups -OCH3 is 1. The van der Waals surface area contributed by atoms with Gasteiger partial charge in [0.15, 0.2) is 0 Å². The highest BCUT2D eigenvalue weighted by molar-refractivity contribution is 5.96. The molecule has 0 aliphatic carbocycles. The lowest BCUT2D eigenvalue weighted by atomic mass is 10.1. The Balaban J connectivity index is 4.03. The Hall–Kier alpha value is -2.16. The second-order valence-corrected chi connectivity index (χ2v) is 5.84. The molecule has 0 saturated carbocycles. The minimum absolute atomic E-state index is 0.213. The summed E-state index contributed by atoms with van der Waals surface area (Å²) < 4.78 is 4.40. The van der Waals surface area contributed by atoms with Gasteiger partial charge in [0.05, 0.1) is 25.7 Å². The first-order chi connectivity index (χ1) is 12.5. The van der Waals surface area contributed by atoms with Crippen LogP contribution in [0.2, 0.25) is 0 Å². The van der Waals surface area contributed by atoms with Gasteiger partial charge in [-0.05, 0) is 31.3 Å². The summed E-state index contributed by atoms with van der Waals surface area (Å²) >= 11 is 0. The lowest BCUT2D eigenvalue weighted by Gasteiger charge is -2.05. The summed E-state index contributed by atoms with van der Waals surface area (Å²) in [5.74, 6) is 3.88. The molecule has 0 fully saturated rings. The Morgan fingerprint density at radius 2 is 1.88 bits per heavy atom. The third-order valence-corrected chi connectivity index (χ3v) is 3.41. The number of hydrogen-bond donors (Lipinski definition) is 2. The van der Waals surface area contributed by atoms with Crippen LogP contribution in [0.4, 0.5) is 0 Å². The molecule has 0 aromatic carbocycles. The van der Waals surface area contributed by atoms with Crippen LogP contribution in [0.5, 0.6) is 0 Å². The molecule has 0 unspecified atom stereocenters. The number of hydrogen-bond acceptors (Lipinski definition) is 5. The van der Waals surface area contributed by atoms with Crippen LogP contribution >= 0.6 is 0 Å². The van der Waals surface area contributed by atoms with Crippen LogP contribution in [0, 0.1) is 11.8 Å². The first kappa shape index (κ1) is 23.8. The third-order valence-electron chi connectivity index (χ3n) is 3.41. The Bertz CT molecular complexity index is 548. The smallest absolute Gasteiger partial charge is 0.308 e. The van der Waals surface area contributed by atoms with Gasteiger partial charge in [-0.15, -0.1) is 0 Å². The fourth-order valence-electron chi connectivity index (χ4n) is 1.98. The SMILES string of the molecule is CCCCC/C=C\C[C@@H](O)/C=C/C=C/C#CC(=O)C[C@H](O)CC(=O)OC. The summed E-state index contributed by atoms with van der Waals surface area (Å²) in [5.41, 5.74) is 0. The highest BCUT2D eigenvalue weighted by Crippen LogP contribution is 2.02. The van der Waals surface area contributed by atoms with Crippen molar-refractivity contribution in [2.75, 3.05) is 7.11 Å². The van der Waals surface area contributed by atoms with Gasteiger partial charge >= 0.3 is 5.97 Å². The van der Waals surface area contributed by atoms with Crippen molar-refractivity contribution in [3.8, 4) is 11.8 Å². The normalized spacial score (nSPS) is 13.7. The van der Waals surface area contributed by atoms with E-state index in [1.807, 2.05) is 6.08 Å². The van der Waals surface area contributed by atoms with Crippen molar-refractivity contribution in [1.29, 1.82) is 0 Å². The predicted molar refractivity (Wildman–Crippen MR) is 102 cm³/mol. The number of aliphatic hydroxyl groups excluding tert-OH is 2. The molecule has 0 saturated heterocycles. The van der Waals surface area contributed by atoms with Crippen LogP contribution < -0.4 is 0 Å². The van der Waals surface area contributed by atoms with E-state index in [0.717, 1.165) is 6.42 Å². The lowest BCUT2D eigenvalue weighted by Crippen LogP contribution is -2.17. The molecule has 0 heterocycles. The molecule has 2 atom stereocenters. The van der Waals surface area contributed by atoms with E-state index in [1.165, 1.54) is 32.4 Å². The van der Waals surface area contributed by atoms with E-state index in [-0.39, 0.29) is 12.8 Å². The van der Waals surface area contributed by atoms with E-state index in [4.69, 9.17) is 0 Å². The van der Waals surface area contributed by atoms with Gasteiger partial charge in [0.25, 0.3) is 0 Å². The number of unbranched alkanes of at least 4 members (excludes halogenated alkanes) is 3. The number of esters is 1. The zero-order chi connectivity index (χ0) is 19.6. The molecule has 5 nitrogen and oxygen atoms in total. The molecule has 0 aromatic heterocycles. The molecule has 0 radical (unpaired) electrons. The Morgan fingerprint density at radius 1 is 1.12 bits per heavy atom. The molecule has 0 aromatic rings. The molecule has 0 spiro atoms. The molecule has 0 bridgehead atoms. The highest BCUT2D eigenvalue weighted by atomic mass is 16.5. The van der Waals surface area contributed by atoms with Gasteiger partial charge in [-0.1, -0.05) is 56.1 Å². The van der Waals surface area contributed by atoms with Crippen molar-refractivity contribution in [3.63, 3.8) is 0 Å². The lowest BCUT2D eigenvalue weighted by molar-refractivity contribution is -0.143. The topological polar surface area (TPSA) is 83.8 Å². The van der Waals surface area contributed by atoms with Crippen LogP contribution in [0.3, 0.4) is 0 Å². The first-order valence-corrected chi connectivity index (χ1v) is 8.95. The van der Waals surface area contributed by atoms with Crippen LogP contribution in [-0.4, -0.2) is 41.3 Å². The molecule has 5 heteroatoms. The standard InChI is InChI=1S/C21H30O5/c1-3-4-5-6-7-10-13-18(22)14-11-8-9-12-15-19(23)16-20(24)17-21(25)26-2/h7-11,14,18,20,22,24H,3-6,13,16-17H2,1-2H3/b9-8+,10-7-,14-11+/t18-,20+/m1/s1. The minimum atomic E-state index is -1.08. The number of allylic oxidation sites excluding steroid dienone is 4. The summed E-state index contributed by atoms with van der Waals surface area (Å²) in [5, 5.41) is 19.3. The zero-order valence-electron chi connectivity index (χ0n) is 15.7. The molecule has 144 valence electrons. The number of carbonyl (C=O) groups excluding carboxylic acids is 2. The van der Waals surface area contributed by atoms with Crippen molar-refractivity contribution in [3.05, 3.63) is 36.5 Å². The van der Waals surface area contributed by atoms with Gasteiger partial charge in [-0.2, -0.15) is 0 Å². The zero-order valence-corrected chi connectivity index (χ0v) is 15.7. The van der Waals surface area contributed by atoms with Gasteiger partial charge < -0.3 is 14.9 Å². The number of ketones is 1. The number of carbonyl (C=O) groups is 2. The molecular formula is C21H30O5. The van der Waals surface area contributed by atoms with Gasteiger partial charge in [0.1, 0.15) is 0 Å². The van der Waals surface area contributed by atoms with Gasteiger partial charge in [-0.25, -0.2) is 0 Å². The van der Waals surface area contributed by atoms with E-state index in [2.05, 4.69) is 29.6 Å². The summed E-state index contributed by atoms with van der Waals surface area (Å²) in [6.07, 6.45) is 13.6. The highest BCUT2D eigenvalue weighted by Gasteiger charge is 2.13. The van der Waals surface area contributed by atoms with Gasteiger partial charge in [-0.3, -0.25) is 9.59 Å². The van der Waals surface area contributed by atoms with E-state index in [0.29, 0.717) is 6.42 Å². The monoisotopic (exact) mass is 362 g/mol. The molecule has 0 amide bonds. The summed E-state index contributed by atoms with van der Waals surface area (Å²) in [6, 6.07) is 0. The second-order valence-electron chi connectivity index (χ2n) is 5.84. The Kier molecular flexibility index (Phi) is 15.0. The maximum absolute atomic E-state index is 11.5. The quantitative estimate of drug-likeness (QED) is 0.139. The van der Waals surface area contributed by atoms with Crippen molar-refractivity contribution in [1.82, 2.24) is 0 Å². The fourth-order valence-corrected chi connectivity index (χ4v) is 1.98. The van der Waals surface area contributed by atoms with Gasteiger partial charge in [0.2, 0.25) is 5.78 Å². The van der Waals surface area contributed by atoms with Crippen molar-refractivity contribution in [2.24, 2.45) is 0 Å². The number of ether oxygens (including phenoxy) is 1. The van der Waals surface area contributed by atoms with Crippen molar-refractivity contribution in [2.45, 2.75) is 64.1 Å². The Morgan fingerprint density at radius 3 is 2.58 bits per heavy atom. The fraction of sp³-hybridized carbons (Fsp3) is 0.524. The molecule has 0 aliphatic rings. The van der Waals surface area contributed by atoms with E-state index < -0.39 is 24.0 Å². The largest absolute Gasteiger partial charge is 0.469 e. The minimum Gasteiger partial charge on any atom is -0.469 e. The van der Waals surface area contributed by atoms with Gasteiger partial charge in [0, 0.05) is 6.42 Å². The molecular weight excluding hydrogens is 332 g/mol. The van der Waals surface area contributed by atoms with Crippen LogP contribution in [0.1, 0.15) is 51.9 Å². The first-order valence-electron chi connectivity index (χ1n) is 8.95. The molecule has 0 rings (SSSR count). The number of Topliss-reactive ketones (excluding diaryl/α,β-unsaturated/α-hetero) is 1. The number of aliphatic hydroxyl groups is 2. The Labute approximate surface area is 156 Å². The second kappa shape index (κ2) is 16.3. The van der Waals surface area contributed by atoms with E-state index in [9.17, 15) is 19.8 Å². The predicted octanol–water partition coefficient (Wildman–Crippen LogP) is 2.87. The molecule has 2 N–H and O–H groups in total. The average molecular weight is 362 g/mol. The van der Waals surface area contributed by atoms with Crippen LogP contribution in [0.15, 0.2) is 36.5 Å². The molecule has 26 heavy (non-hydrogen) atoms. The average Bonchev–Trinajstić information content (AvgIpc) is 2.60. The third kappa shape index (κ3) is 15.4. The summed E-state index contributed by atoms with van der Waals surface area (Å²) in [7, 11) is 1.22. The van der Waals surface area contributed by atoms with Crippen molar-refractivity contribution >= 4 is 11.8 Å². The summed E-state index contributed by atoms with van der Waals surface area (Å²) in [6.45, 7) is 2.17.